The van der Waals surface area contributed by atoms with E-state index in [9.17, 15) is 27.3 Å². The molecule has 1 aromatic carbocycles. The van der Waals surface area contributed by atoms with Crippen molar-refractivity contribution in [2.75, 3.05) is 31.7 Å². The highest BCUT2D eigenvalue weighted by molar-refractivity contribution is 7.89. The summed E-state index contributed by atoms with van der Waals surface area (Å²) in [6.07, 6.45) is 0. The van der Waals surface area contributed by atoms with Crippen molar-refractivity contribution in [3.63, 3.8) is 0 Å². The van der Waals surface area contributed by atoms with Gasteiger partial charge in [-0.3, -0.25) is 10.1 Å². The van der Waals surface area contributed by atoms with Gasteiger partial charge in [-0.1, -0.05) is 0 Å². The van der Waals surface area contributed by atoms with Gasteiger partial charge in [-0.05, 0) is 0 Å². The molecule has 0 amide bonds. The van der Waals surface area contributed by atoms with Crippen LogP contribution in [0.5, 0.6) is 0 Å². The Kier molecular flexibility index (Phi) is 4.95. The van der Waals surface area contributed by atoms with Crippen molar-refractivity contribution in [1.82, 2.24) is 4.31 Å². The Morgan fingerprint density at radius 2 is 1.95 bits per heavy atom. The average Bonchev–Trinajstić information content (AvgIpc) is 2.26. The zero-order valence-electron chi connectivity index (χ0n) is 10.8. The predicted octanol–water partition coefficient (Wildman–Crippen LogP) is 1.18. The smallest absolute Gasteiger partial charge is 0.327 e. The van der Waals surface area contributed by atoms with Crippen LogP contribution in [0.15, 0.2) is 12.1 Å². The maximum Gasteiger partial charge on any atom is 0.327 e. The van der Waals surface area contributed by atoms with Crippen molar-refractivity contribution in [1.29, 1.82) is 0 Å². The Morgan fingerprint density at radius 3 is 2.45 bits per heavy atom. The Balaban J connectivity index is 2.91. The summed E-state index contributed by atoms with van der Waals surface area (Å²) in [6.45, 7) is -0.218. The van der Waals surface area contributed by atoms with E-state index in [1.54, 1.807) is 0 Å². The molecular weight excluding hydrogens is 296 g/mol. The van der Waals surface area contributed by atoms with Gasteiger partial charge in [0.05, 0.1) is 10.7 Å². The summed E-state index contributed by atoms with van der Waals surface area (Å²) in [4.78, 5) is 9.70. The number of nitrogens with one attached hydrogen (secondary N) is 1. The number of nitro groups is 1. The van der Waals surface area contributed by atoms with Gasteiger partial charge in [0.15, 0.2) is 0 Å². The molecule has 0 fully saturated rings. The van der Waals surface area contributed by atoms with E-state index in [-0.39, 0.29) is 12.3 Å². The van der Waals surface area contributed by atoms with Crippen LogP contribution in [-0.4, -0.2) is 44.0 Å². The van der Waals surface area contributed by atoms with Crippen LogP contribution in [0.4, 0.5) is 20.2 Å². The Morgan fingerprint density at radius 1 is 1.35 bits per heavy atom. The molecule has 0 aromatic heterocycles. The first-order chi connectivity index (χ1) is 9.15. The first-order valence-corrected chi connectivity index (χ1v) is 7.03. The molecular formula is C10H13F2N3O4S. The van der Waals surface area contributed by atoms with Gasteiger partial charge in [-0.2, -0.15) is 4.39 Å². The Hall–Kier alpha value is -1.81. The molecule has 1 aromatic rings. The van der Waals surface area contributed by atoms with Crippen LogP contribution < -0.4 is 5.32 Å². The van der Waals surface area contributed by atoms with Gasteiger partial charge in [0, 0.05) is 32.8 Å². The second-order valence-electron chi connectivity index (χ2n) is 4.07. The summed E-state index contributed by atoms with van der Waals surface area (Å²) in [5, 5.41) is 13.1. The molecule has 0 aliphatic carbocycles. The maximum absolute atomic E-state index is 13.3. The van der Waals surface area contributed by atoms with Crippen LogP contribution in [-0.2, 0) is 10.0 Å². The Bertz CT molecular complexity index is 619. The second kappa shape index (κ2) is 6.09. The summed E-state index contributed by atoms with van der Waals surface area (Å²) in [7, 11) is -0.842. The summed E-state index contributed by atoms with van der Waals surface area (Å²) < 4.78 is 50.3. The fraction of sp³-hybridized carbons (Fsp3) is 0.400. The molecule has 1 rings (SSSR count). The van der Waals surface area contributed by atoms with E-state index in [0.717, 1.165) is 10.4 Å². The van der Waals surface area contributed by atoms with Gasteiger partial charge in [-0.15, -0.1) is 0 Å². The molecule has 10 heteroatoms. The van der Waals surface area contributed by atoms with Crippen molar-refractivity contribution in [3.8, 4) is 0 Å². The SMILES string of the molecule is CN(C)S(=O)(=O)CCNc1cc(F)cc(F)c1[N+](=O)[O-]. The molecule has 0 heterocycles. The topological polar surface area (TPSA) is 92.6 Å². The summed E-state index contributed by atoms with van der Waals surface area (Å²) in [6, 6.07) is 1.13. The highest BCUT2D eigenvalue weighted by Crippen LogP contribution is 2.28. The van der Waals surface area contributed by atoms with Gasteiger partial charge < -0.3 is 5.32 Å². The lowest BCUT2D eigenvalue weighted by atomic mass is 10.2. The number of halogens is 2. The molecule has 0 bridgehead atoms. The van der Waals surface area contributed by atoms with Crippen LogP contribution in [0.2, 0.25) is 0 Å². The summed E-state index contributed by atoms with van der Waals surface area (Å²) in [5.41, 5.74) is -1.32. The lowest BCUT2D eigenvalue weighted by Gasteiger charge is -2.12. The van der Waals surface area contributed by atoms with E-state index >= 15 is 0 Å². The number of hydrogen-bond acceptors (Lipinski definition) is 5. The minimum absolute atomic E-state index is 0.218. The number of anilines is 1. The van der Waals surface area contributed by atoms with Crippen molar-refractivity contribution in [3.05, 3.63) is 33.9 Å². The van der Waals surface area contributed by atoms with Crippen molar-refractivity contribution < 1.29 is 22.1 Å². The van der Waals surface area contributed by atoms with Crippen LogP contribution in [0.3, 0.4) is 0 Å². The fourth-order valence-electron chi connectivity index (χ4n) is 1.38. The lowest BCUT2D eigenvalue weighted by Crippen LogP contribution is -2.28. The molecule has 0 radical (unpaired) electrons. The molecule has 0 spiro atoms. The normalized spacial score (nSPS) is 11.7. The van der Waals surface area contributed by atoms with Gasteiger partial charge in [0.2, 0.25) is 15.8 Å². The van der Waals surface area contributed by atoms with Gasteiger partial charge in [0.1, 0.15) is 11.5 Å². The number of hydrogen-bond donors (Lipinski definition) is 1. The molecule has 0 saturated carbocycles. The molecule has 112 valence electrons. The second-order valence-corrected chi connectivity index (χ2v) is 6.37. The van der Waals surface area contributed by atoms with E-state index in [0.29, 0.717) is 6.07 Å². The van der Waals surface area contributed by atoms with Gasteiger partial charge in [-0.25, -0.2) is 17.1 Å². The number of rotatable bonds is 6. The highest BCUT2D eigenvalue weighted by Gasteiger charge is 2.22. The quantitative estimate of drug-likeness (QED) is 0.629. The molecule has 7 nitrogen and oxygen atoms in total. The molecule has 0 aliphatic heterocycles. The summed E-state index contributed by atoms with van der Waals surface area (Å²) >= 11 is 0. The molecule has 0 atom stereocenters. The number of sulfonamides is 1. The van der Waals surface area contributed by atoms with Crippen molar-refractivity contribution >= 4 is 21.4 Å². The predicted molar refractivity (Wildman–Crippen MR) is 69.0 cm³/mol. The molecule has 0 unspecified atom stereocenters. The third-order valence-corrected chi connectivity index (χ3v) is 4.28. The number of nitro benzene ring substituents is 1. The number of benzene rings is 1. The molecule has 1 N–H and O–H groups in total. The van der Waals surface area contributed by atoms with Crippen LogP contribution >= 0.6 is 0 Å². The van der Waals surface area contributed by atoms with E-state index in [4.69, 9.17) is 0 Å². The number of nitrogens with zero attached hydrogens (tertiary/aromatic N) is 2. The largest absolute Gasteiger partial charge is 0.378 e. The molecule has 0 aliphatic rings. The first-order valence-electron chi connectivity index (χ1n) is 5.42. The van der Waals surface area contributed by atoms with E-state index in [1.165, 1.54) is 14.1 Å². The van der Waals surface area contributed by atoms with Crippen molar-refractivity contribution in [2.45, 2.75) is 0 Å². The van der Waals surface area contributed by atoms with Crippen molar-refractivity contribution in [2.24, 2.45) is 0 Å². The van der Waals surface area contributed by atoms with Crippen LogP contribution in [0.1, 0.15) is 0 Å². The molecule has 0 saturated heterocycles. The standard InChI is InChI=1S/C10H13F2N3O4S/c1-14(2)20(18,19)4-3-13-9-6-7(11)5-8(12)10(9)15(16)17/h5-6,13H,3-4H2,1-2H3. The minimum atomic E-state index is -3.51. The van der Waals surface area contributed by atoms with E-state index < -0.39 is 38.0 Å². The Labute approximate surface area is 114 Å². The summed E-state index contributed by atoms with van der Waals surface area (Å²) in [5.74, 6) is -2.69. The highest BCUT2D eigenvalue weighted by atomic mass is 32.2. The van der Waals surface area contributed by atoms with Gasteiger partial charge >= 0.3 is 5.69 Å². The van der Waals surface area contributed by atoms with Crippen LogP contribution in [0.25, 0.3) is 0 Å². The van der Waals surface area contributed by atoms with E-state index in [1.807, 2.05) is 0 Å². The van der Waals surface area contributed by atoms with Crippen LogP contribution in [0, 0.1) is 21.7 Å². The van der Waals surface area contributed by atoms with Gasteiger partial charge in [0.25, 0.3) is 0 Å². The zero-order valence-corrected chi connectivity index (χ0v) is 11.6. The minimum Gasteiger partial charge on any atom is -0.378 e. The lowest BCUT2D eigenvalue weighted by molar-refractivity contribution is -0.386. The third-order valence-electron chi connectivity index (χ3n) is 2.44. The first kappa shape index (κ1) is 16.2. The zero-order chi connectivity index (χ0) is 15.5. The maximum atomic E-state index is 13.3. The molecule has 20 heavy (non-hydrogen) atoms. The third kappa shape index (κ3) is 3.84. The van der Waals surface area contributed by atoms with E-state index in [2.05, 4.69) is 5.32 Å². The average molecular weight is 309 g/mol. The fourth-order valence-corrected chi connectivity index (χ4v) is 2.11. The monoisotopic (exact) mass is 309 g/mol.